The average molecular weight is 443 g/mol. The number of aryl methyl sites for hydroxylation is 1. The Balaban J connectivity index is 1.08. The Hall–Kier alpha value is -2.04. The lowest BCUT2D eigenvalue weighted by atomic mass is 9.75. The van der Waals surface area contributed by atoms with Crippen molar-refractivity contribution in [2.45, 2.75) is 57.5 Å². The van der Waals surface area contributed by atoms with E-state index in [0.717, 1.165) is 24.3 Å². The molecule has 1 aromatic heterocycles. The molecule has 0 aromatic carbocycles. The monoisotopic (exact) mass is 442 g/mol. The van der Waals surface area contributed by atoms with E-state index in [1.165, 1.54) is 79.7 Å². The molecule has 4 heterocycles. The number of nitrogens with one attached hydrogen (secondary N) is 4. The molecule has 3 fully saturated rings. The molecule has 174 valence electrons. The smallest absolute Gasteiger partial charge is 0.0476 e. The topological polar surface area (TPSA) is 51.9 Å². The number of H-pyrrole nitrogens is 1. The van der Waals surface area contributed by atoms with Crippen LogP contribution in [0.5, 0.6) is 0 Å². The number of piperidine rings is 1. The van der Waals surface area contributed by atoms with Crippen molar-refractivity contribution in [2.75, 3.05) is 19.6 Å². The Morgan fingerprint density at radius 1 is 1.06 bits per heavy atom. The van der Waals surface area contributed by atoms with Crippen molar-refractivity contribution in [1.29, 1.82) is 0 Å². The maximum absolute atomic E-state index is 3.84. The first-order valence-corrected chi connectivity index (χ1v) is 13.5. The minimum Gasteiger partial charge on any atom is -0.387 e. The summed E-state index contributed by atoms with van der Waals surface area (Å²) in [5, 5.41) is 11.0. The van der Waals surface area contributed by atoms with Gasteiger partial charge in [0.2, 0.25) is 0 Å². The fourth-order valence-corrected chi connectivity index (χ4v) is 7.44. The van der Waals surface area contributed by atoms with Gasteiger partial charge in [0.1, 0.15) is 0 Å². The van der Waals surface area contributed by atoms with Crippen LogP contribution in [-0.4, -0.2) is 30.7 Å². The van der Waals surface area contributed by atoms with Crippen LogP contribution in [0, 0.1) is 36.5 Å². The van der Waals surface area contributed by atoms with Crippen LogP contribution in [0.1, 0.15) is 61.5 Å². The fourth-order valence-electron chi connectivity index (χ4n) is 7.44. The normalized spacial score (nSPS) is 39.3. The van der Waals surface area contributed by atoms with Crippen LogP contribution in [0.4, 0.5) is 0 Å². The van der Waals surface area contributed by atoms with Crippen LogP contribution in [0.2, 0.25) is 0 Å². The predicted octanol–water partition coefficient (Wildman–Crippen LogP) is 4.75. The number of fused-ring (bicyclic) bond motifs is 3. The van der Waals surface area contributed by atoms with E-state index in [9.17, 15) is 0 Å². The van der Waals surface area contributed by atoms with Gasteiger partial charge < -0.3 is 20.9 Å². The summed E-state index contributed by atoms with van der Waals surface area (Å²) in [7, 11) is 0. The molecule has 33 heavy (non-hydrogen) atoms. The number of rotatable bonds is 4. The molecular weight excluding hydrogens is 404 g/mol. The second kappa shape index (κ2) is 8.02. The first-order valence-electron chi connectivity index (χ1n) is 13.5. The molecule has 4 heteroatoms. The van der Waals surface area contributed by atoms with Crippen LogP contribution in [0.25, 0.3) is 5.57 Å². The lowest BCUT2D eigenvalue weighted by Gasteiger charge is -2.30. The third-order valence-corrected chi connectivity index (χ3v) is 9.38. The third-order valence-electron chi connectivity index (χ3n) is 9.38. The van der Waals surface area contributed by atoms with Gasteiger partial charge in [-0.15, -0.1) is 0 Å². The first-order chi connectivity index (χ1) is 16.2. The van der Waals surface area contributed by atoms with Gasteiger partial charge in [0.15, 0.2) is 0 Å². The van der Waals surface area contributed by atoms with E-state index in [4.69, 9.17) is 0 Å². The lowest BCUT2D eigenvalue weighted by molar-refractivity contribution is 0.308. The van der Waals surface area contributed by atoms with Gasteiger partial charge >= 0.3 is 0 Å². The highest BCUT2D eigenvalue weighted by Gasteiger charge is 2.50. The zero-order chi connectivity index (χ0) is 21.9. The number of aromatic amines is 1. The summed E-state index contributed by atoms with van der Waals surface area (Å²) < 4.78 is 0. The fraction of sp³-hybridized carbons (Fsp3) is 0.586. The third kappa shape index (κ3) is 3.57. The van der Waals surface area contributed by atoms with E-state index < -0.39 is 0 Å². The molecule has 0 bridgehead atoms. The molecule has 1 aromatic rings. The second-order valence-corrected chi connectivity index (χ2v) is 11.4. The van der Waals surface area contributed by atoms with Gasteiger partial charge in [-0.05, 0) is 117 Å². The molecule has 4 N–H and O–H groups in total. The molecule has 6 aliphatic rings. The highest BCUT2D eigenvalue weighted by atomic mass is 15.0. The largest absolute Gasteiger partial charge is 0.387 e. The maximum Gasteiger partial charge on any atom is 0.0476 e. The quantitative estimate of drug-likeness (QED) is 0.544. The van der Waals surface area contributed by atoms with Gasteiger partial charge in [-0.25, -0.2) is 0 Å². The van der Waals surface area contributed by atoms with Gasteiger partial charge in [-0.1, -0.05) is 24.3 Å². The Labute approximate surface area is 198 Å². The summed E-state index contributed by atoms with van der Waals surface area (Å²) in [6.45, 7) is 5.80. The summed E-state index contributed by atoms with van der Waals surface area (Å²) in [5.41, 5.74) is 8.84. The molecule has 4 nitrogen and oxygen atoms in total. The van der Waals surface area contributed by atoms with Gasteiger partial charge in [0, 0.05) is 35.6 Å². The molecule has 7 atom stereocenters. The highest BCUT2D eigenvalue weighted by molar-refractivity contribution is 5.71. The predicted molar refractivity (Wildman–Crippen MR) is 135 cm³/mol. The Kier molecular flexibility index (Phi) is 4.95. The maximum atomic E-state index is 3.84. The Morgan fingerprint density at radius 2 is 2.00 bits per heavy atom. The number of allylic oxidation sites excluding steroid dienone is 6. The summed E-state index contributed by atoms with van der Waals surface area (Å²) in [4.78, 5) is 3.84. The van der Waals surface area contributed by atoms with Crippen LogP contribution in [0.3, 0.4) is 0 Å². The van der Waals surface area contributed by atoms with Crippen molar-refractivity contribution in [1.82, 2.24) is 20.9 Å². The van der Waals surface area contributed by atoms with Crippen molar-refractivity contribution in [3.8, 4) is 0 Å². The summed E-state index contributed by atoms with van der Waals surface area (Å²) in [6.07, 6.45) is 20.2. The van der Waals surface area contributed by atoms with Gasteiger partial charge in [0.25, 0.3) is 0 Å². The number of aromatic nitrogens is 1. The highest BCUT2D eigenvalue weighted by Crippen LogP contribution is 2.59. The van der Waals surface area contributed by atoms with Gasteiger partial charge in [-0.3, -0.25) is 0 Å². The van der Waals surface area contributed by atoms with Crippen molar-refractivity contribution in [2.24, 2.45) is 29.6 Å². The van der Waals surface area contributed by atoms with Crippen molar-refractivity contribution in [3.63, 3.8) is 0 Å². The van der Waals surface area contributed by atoms with E-state index in [-0.39, 0.29) is 0 Å². The second-order valence-electron chi connectivity index (χ2n) is 11.4. The van der Waals surface area contributed by atoms with E-state index in [1.54, 1.807) is 5.57 Å². The van der Waals surface area contributed by atoms with Crippen molar-refractivity contribution in [3.05, 3.63) is 64.7 Å². The van der Waals surface area contributed by atoms with Crippen LogP contribution < -0.4 is 16.0 Å². The molecular formula is C29H38N4. The van der Waals surface area contributed by atoms with Gasteiger partial charge in [-0.2, -0.15) is 0 Å². The molecule has 3 aliphatic carbocycles. The molecule has 0 spiro atoms. The summed E-state index contributed by atoms with van der Waals surface area (Å²) in [5.74, 6) is 3.57. The minimum absolute atomic E-state index is 0.521. The standard InChI is InChI=1S/C29H38N4/c1-17-10-28(33-29(17)26-5-3-9-31-26)25-12-19-7-6-18(11-22(19)23-14-24(23)25)21-13-27(32-16-21)20-4-2-8-30-15-20/h6-7,10-12,16,19-20,22-24,26-27,30-33H,2-5,8-9,13-15H2,1H3/t19?,20-,22?,23?,24?,26+,27?/m1/s1. The summed E-state index contributed by atoms with van der Waals surface area (Å²) >= 11 is 0. The van der Waals surface area contributed by atoms with E-state index >= 15 is 0 Å². The van der Waals surface area contributed by atoms with Crippen LogP contribution >= 0.6 is 0 Å². The summed E-state index contributed by atoms with van der Waals surface area (Å²) in [6, 6.07) is 3.55. The molecule has 0 radical (unpaired) electrons. The Morgan fingerprint density at radius 3 is 2.85 bits per heavy atom. The molecule has 0 amide bonds. The lowest BCUT2D eigenvalue weighted by Crippen LogP contribution is -2.40. The molecule has 5 unspecified atom stereocenters. The number of hydrogen-bond donors (Lipinski definition) is 4. The molecule has 1 saturated carbocycles. The SMILES string of the molecule is Cc1cc(C2=CC3C=CC(C4=CNC([C@@H]5CCCNC5)C4)=CC3C3CC23)[nH]c1[C@@H]1CCCN1. The van der Waals surface area contributed by atoms with Crippen LogP contribution in [-0.2, 0) is 0 Å². The van der Waals surface area contributed by atoms with E-state index in [2.05, 4.69) is 64.4 Å². The first kappa shape index (κ1) is 20.3. The van der Waals surface area contributed by atoms with Crippen molar-refractivity contribution < 1.29 is 0 Å². The molecule has 3 aliphatic heterocycles. The molecule has 7 rings (SSSR count). The number of hydrogen-bond acceptors (Lipinski definition) is 3. The average Bonchev–Trinajstić information content (AvgIpc) is 3.21. The van der Waals surface area contributed by atoms with E-state index in [0.29, 0.717) is 23.9 Å². The van der Waals surface area contributed by atoms with Gasteiger partial charge in [0.05, 0.1) is 0 Å². The van der Waals surface area contributed by atoms with Crippen molar-refractivity contribution >= 4 is 5.57 Å². The zero-order valence-corrected chi connectivity index (χ0v) is 19.9. The van der Waals surface area contributed by atoms with E-state index in [1.807, 2.05) is 0 Å². The van der Waals surface area contributed by atoms with Crippen LogP contribution in [0.15, 0.2) is 47.7 Å². The zero-order valence-electron chi connectivity index (χ0n) is 19.9. The molecule has 2 saturated heterocycles. The minimum atomic E-state index is 0.521. The Bertz CT molecular complexity index is 1040.